The predicted molar refractivity (Wildman–Crippen MR) is 116 cm³/mol. The molecule has 0 saturated heterocycles. The molecule has 7 nitrogen and oxygen atoms in total. The van der Waals surface area contributed by atoms with Crippen LogP contribution in [-0.2, 0) is 4.79 Å². The average molecular weight is 425 g/mol. The molecule has 0 saturated carbocycles. The first-order chi connectivity index (χ1) is 13.9. The van der Waals surface area contributed by atoms with E-state index in [1.165, 1.54) is 23.1 Å². The van der Waals surface area contributed by atoms with Gasteiger partial charge in [0.2, 0.25) is 0 Å². The highest BCUT2D eigenvalue weighted by atomic mass is 32.2. The van der Waals surface area contributed by atoms with Gasteiger partial charge in [0.1, 0.15) is 11.6 Å². The number of nitrogens with zero attached hydrogens (tertiary/aromatic N) is 2. The topological polar surface area (TPSA) is 99.7 Å². The molecule has 0 fully saturated rings. The fraction of sp³-hybridized carbons (Fsp3) is 0.450. The normalized spacial score (nSPS) is 11.1. The van der Waals surface area contributed by atoms with Gasteiger partial charge in [-0.2, -0.15) is 0 Å². The van der Waals surface area contributed by atoms with Gasteiger partial charge in [-0.15, -0.1) is 0 Å². The molecular weight excluding hydrogens is 395 g/mol. The minimum absolute atomic E-state index is 0.0182. The summed E-state index contributed by atoms with van der Waals surface area (Å²) in [4.78, 5) is 27.2. The summed E-state index contributed by atoms with van der Waals surface area (Å²) in [5, 5.41) is 8.34. The summed E-state index contributed by atoms with van der Waals surface area (Å²) < 4.78 is 19.0. The zero-order valence-corrected chi connectivity index (χ0v) is 17.9. The second kappa shape index (κ2) is 12.9. The Morgan fingerprint density at radius 3 is 2.59 bits per heavy atom. The first-order valence-corrected chi connectivity index (χ1v) is 10.3. The molecule has 160 valence electrons. The van der Waals surface area contributed by atoms with E-state index in [0.29, 0.717) is 38.0 Å². The van der Waals surface area contributed by atoms with Gasteiger partial charge in [0.25, 0.3) is 0 Å². The molecule has 0 atom stereocenters. The molecule has 0 spiro atoms. The number of halogens is 1. The van der Waals surface area contributed by atoms with Crippen molar-refractivity contribution in [1.29, 1.82) is 5.41 Å². The van der Waals surface area contributed by atoms with Crippen LogP contribution in [0.5, 0.6) is 5.75 Å². The lowest BCUT2D eigenvalue weighted by Gasteiger charge is -2.19. The first-order valence-electron chi connectivity index (χ1n) is 9.46. The predicted octanol–water partition coefficient (Wildman–Crippen LogP) is 3.54. The molecule has 1 aromatic rings. The van der Waals surface area contributed by atoms with Crippen LogP contribution in [0.1, 0.15) is 32.3 Å². The van der Waals surface area contributed by atoms with Crippen molar-refractivity contribution in [3.05, 3.63) is 34.5 Å². The molecule has 9 heteroatoms. The number of ether oxygens (including phenoxy) is 1. The van der Waals surface area contributed by atoms with E-state index < -0.39 is 11.9 Å². The van der Waals surface area contributed by atoms with Crippen LogP contribution in [0.4, 0.5) is 9.18 Å². The molecule has 0 bridgehead atoms. The number of thioether (sulfide) groups is 1. The van der Waals surface area contributed by atoms with Gasteiger partial charge in [0, 0.05) is 38.3 Å². The van der Waals surface area contributed by atoms with Gasteiger partial charge >= 0.3 is 6.09 Å². The Morgan fingerprint density at radius 1 is 1.31 bits per heavy atom. The Hall–Kier alpha value is -2.39. The van der Waals surface area contributed by atoms with Crippen LogP contribution in [-0.4, -0.2) is 60.6 Å². The van der Waals surface area contributed by atoms with Crippen molar-refractivity contribution in [3.8, 4) is 5.75 Å². The summed E-state index contributed by atoms with van der Waals surface area (Å²) in [5.41, 5.74) is 5.85. The number of rotatable bonds is 10. The van der Waals surface area contributed by atoms with Gasteiger partial charge in [-0.25, -0.2) is 9.18 Å². The van der Waals surface area contributed by atoms with Crippen LogP contribution in [0, 0.1) is 11.2 Å². The number of aldehydes is 1. The summed E-state index contributed by atoms with van der Waals surface area (Å²) in [6.07, 6.45) is 3.20. The molecular formula is C20H29FN4O3S. The lowest BCUT2D eigenvalue weighted by Crippen LogP contribution is -2.33. The van der Waals surface area contributed by atoms with Crippen LogP contribution in [0.2, 0.25) is 0 Å². The SMILES string of the molecule is CCN(CC)C(=O)Oc1cc(F)ccc1/C=C(\C=O)SC(=N)N(C)CCCCN. The molecule has 0 heterocycles. The number of hydrogen-bond acceptors (Lipinski definition) is 6. The molecule has 0 aromatic heterocycles. The lowest BCUT2D eigenvalue weighted by atomic mass is 10.2. The number of carbonyl (C=O) groups is 2. The third-order valence-corrected chi connectivity index (χ3v) is 5.07. The third kappa shape index (κ3) is 8.25. The Balaban J connectivity index is 3.00. The summed E-state index contributed by atoms with van der Waals surface area (Å²) in [7, 11) is 1.77. The Labute approximate surface area is 175 Å². The minimum Gasteiger partial charge on any atom is -0.409 e. The average Bonchev–Trinajstić information content (AvgIpc) is 2.70. The van der Waals surface area contributed by atoms with Crippen molar-refractivity contribution in [1.82, 2.24) is 9.80 Å². The van der Waals surface area contributed by atoms with Gasteiger partial charge in [-0.05, 0) is 63.2 Å². The fourth-order valence-corrected chi connectivity index (χ4v) is 3.09. The van der Waals surface area contributed by atoms with E-state index in [2.05, 4.69) is 0 Å². The molecule has 0 unspecified atom stereocenters. The van der Waals surface area contributed by atoms with E-state index in [-0.39, 0.29) is 15.8 Å². The maximum absolute atomic E-state index is 13.7. The van der Waals surface area contributed by atoms with Crippen molar-refractivity contribution in [3.63, 3.8) is 0 Å². The highest BCUT2D eigenvalue weighted by Crippen LogP contribution is 2.27. The number of allylic oxidation sites excluding steroid dienone is 1. The van der Waals surface area contributed by atoms with Crippen LogP contribution in [0.25, 0.3) is 6.08 Å². The number of hydrogen-bond donors (Lipinski definition) is 2. The van der Waals surface area contributed by atoms with Gasteiger partial charge < -0.3 is 20.3 Å². The zero-order valence-electron chi connectivity index (χ0n) is 17.1. The summed E-state index contributed by atoms with van der Waals surface area (Å²) in [6.45, 7) is 5.78. The van der Waals surface area contributed by atoms with Crippen molar-refractivity contribution in [2.45, 2.75) is 26.7 Å². The van der Waals surface area contributed by atoms with Crippen molar-refractivity contribution in [2.24, 2.45) is 5.73 Å². The molecule has 1 amide bonds. The summed E-state index contributed by atoms with van der Waals surface area (Å²) >= 11 is 0.979. The zero-order chi connectivity index (χ0) is 21.8. The van der Waals surface area contributed by atoms with Crippen LogP contribution in [0.3, 0.4) is 0 Å². The first kappa shape index (κ1) is 24.6. The van der Waals surface area contributed by atoms with Crippen LogP contribution in [0.15, 0.2) is 23.1 Å². The Morgan fingerprint density at radius 2 is 2.00 bits per heavy atom. The van der Waals surface area contributed by atoms with Gasteiger partial charge in [-0.1, -0.05) is 0 Å². The molecule has 29 heavy (non-hydrogen) atoms. The highest BCUT2D eigenvalue weighted by molar-refractivity contribution is 8.17. The van der Waals surface area contributed by atoms with Crippen LogP contribution >= 0.6 is 11.8 Å². The van der Waals surface area contributed by atoms with Gasteiger partial charge in [-0.3, -0.25) is 10.2 Å². The number of nitrogens with two attached hydrogens (primary N) is 1. The molecule has 1 aromatic carbocycles. The number of unbranched alkanes of at least 4 members (excludes halogenated alkanes) is 1. The lowest BCUT2D eigenvalue weighted by molar-refractivity contribution is -0.104. The monoisotopic (exact) mass is 424 g/mol. The van der Waals surface area contributed by atoms with E-state index in [9.17, 15) is 14.0 Å². The number of carbonyl (C=O) groups excluding carboxylic acids is 2. The molecule has 0 aliphatic heterocycles. The summed E-state index contributed by atoms with van der Waals surface area (Å²) in [5.74, 6) is -0.540. The standard InChI is InChI=1S/C20H29FN4O3S/c1-4-25(5-2)20(27)28-18-13-16(21)9-8-15(18)12-17(14-26)29-19(23)24(3)11-7-6-10-22/h8-9,12-14,23H,4-7,10-11,22H2,1-3H3/b17-12+,23-19?. The van der Waals surface area contributed by atoms with Crippen molar-refractivity contribution in [2.75, 3.05) is 33.2 Å². The molecule has 0 aliphatic carbocycles. The molecule has 0 radical (unpaired) electrons. The minimum atomic E-state index is -0.595. The van der Waals surface area contributed by atoms with Gasteiger partial charge in [0.05, 0.1) is 4.91 Å². The van der Waals surface area contributed by atoms with E-state index in [1.807, 2.05) is 13.8 Å². The quantitative estimate of drug-likeness (QED) is 0.196. The molecule has 1 rings (SSSR count). The fourth-order valence-electron chi connectivity index (χ4n) is 2.38. The number of amides is 1. The second-order valence-electron chi connectivity index (χ2n) is 6.21. The van der Waals surface area contributed by atoms with E-state index in [4.69, 9.17) is 15.9 Å². The number of benzene rings is 1. The van der Waals surface area contributed by atoms with E-state index in [0.717, 1.165) is 30.7 Å². The van der Waals surface area contributed by atoms with E-state index in [1.54, 1.807) is 11.9 Å². The third-order valence-electron chi connectivity index (χ3n) is 4.12. The molecule has 3 N–H and O–H groups in total. The van der Waals surface area contributed by atoms with Crippen molar-refractivity contribution < 1.29 is 18.7 Å². The number of nitrogens with one attached hydrogen (secondary N) is 1. The van der Waals surface area contributed by atoms with Crippen LogP contribution < -0.4 is 10.5 Å². The highest BCUT2D eigenvalue weighted by Gasteiger charge is 2.16. The largest absolute Gasteiger partial charge is 0.415 e. The smallest absolute Gasteiger partial charge is 0.409 e. The van der Waals surface area contributed by atoms with E-state index >= 15 is 0 Å². The Kier molecular flexibility index (Phi) is 11.0. The Bertz CT molecular complexity index is 738. The second-order valence-corrected chi connectivity index (χ2v) is 7.27. The van der Waals surface area contributed by atoms with Crippen molar-refractivity contribution >= 4 is 35.4 Å². The maximum Gasteiger partial charge on any atom is 0.415 e. The molecule has 0 aliphatic rings. The maximum atomic E-state index is 13.7. The van der Waals surface area contributed by atoms with Gasteiger partial charge in [0.15, 0.2) is 11.5 Å². The summed E-state index contributed by atoms with van der Waals surface area (Å²) in [6, 6.07) is 3.75. The number of amidine groups is 1.